The number of aliphatic hydroxyl groups is 1. The second-order valence-corrected chi connectivity index (χ2v) is 28.7. The molecular weight excluding hydrogens is 1170 g/mol. The van der Waals surface area contributed by atoms with Crippen LogP contribution in [0.4, 0.5) is 0 Å². The molecule has 0 heterocycles. The van der Waals surface area contributed by atoms with Gasteiger partial charge in [-0.25, -0.2) is 9.13 Å². The lowest BCUT2D eigenvalue weighted by Gasteiger charge is -2.21. The fourth-order valence-electron chi connectivity index (χ4n) is 10.6. The molecule has 0 aromatic carbocycles. The van der Waals surface area contributed by atoms with Crippen LogP contribution in [-0.4, -0.2) is 96.7 Å². The van der Waals surface area contributed by atoms with Crippen molar-refractivity contribution in [2.45, 2.75) is 380 Å². The Morgan fingerprint density at radius 2 is 0.517 bits per heavy atom. The molecule has 0 rings (SSSR count). The largest absolute Gasteiger partial charge is 0.472 e. The Labute approximate surface area is 543 Å². The third-order valence-corrected chi connectivity index (χ3v) is 18.2. The molecule has 0 radical (unpaired) electrons. The number of aliphatic hydroxyl groups excluding tert-OH is 1. The highest BCUT2D eigenvalue weighted by Gasteiger charge is 2.30. The summed E-state index contributed by atoms with van der Waals surface area (Å²) < 4.78 is 68.3. The maximum Gasteiger partial charge on any atom is 0.472 e. The second kappa shape index (κ2) is 63.5. The van der Waals surface area contributed by atoms with E-state index in [0.717, 1.165) is 95.8 Å². The van der Waals surface area contributed by atoms with Gasteiger partial charge in [0.1, 0.15) is 19.3 Å². The van der Waals surface area contributed by atoms with Crippen LogP contribution in [0.15, 0.2) is 0 Å². The predicted octanol–water partition coefficient (Wildman–Crippen LogP) is 20.1. The molecule has 528 valence electrons. The molecule has 0 fully saturated rings. The van der Waals surface area contributed by atoms with Crippen molar-refractivity contribution < 1.29 is 80.2 Å². The van der Waals surface area contributed by atoms with Crippen LogP contribution in [0.3, 0.4) is 0 Å². The molecule has 0 spiro atoms. The lowest BCUT2D eigenvalue weighted by molar-refractivity contribution is -0.161. The van der Waals surface area contributed by atoms with E-state index in [-0.39, 0.29) is 25.7 Å². The van der Waals surface area contributed by atoms with Crippen LogP contribution in [0.1, 0.15) is 362 Å². The minimum absolute atomic E-state index is 0.107. The average Bonchev–Trinajstić information content (AvgIpc) is 3.59. The summed E-state index contributed by atoms with van der Waals surface area (Å²) in [6.45, 7) is 7.23. The summed E-state index contributed by atoms with van der Waals surface area (Å²) >= 11 is 0. The third-order valence-electron chi connectivity index (χ3n) is 16.3. The zero-order valence-corrected chi connectivity index (χ0v) is 59.4. The molecule has 0 aliphatic heterocycles. The van der Waals surface area contributed by atoms with Gasteiger partial charge >= 0.3 is 39.5 Å². The molecule has 0 aromatic rings. The maximum atomic E-state index is 13.0. The zero-order valence-electron chi connectivity index (χ0n) is 57.6. The smallest absolute Gasteiger partial charge is 0.462 e. The van der Waals surface area contributed by atoms with Crippen LogP contribution in [0.2, 0.25) is 0 Å². The molecule has 3 N–H and O–H groups in total. The maximum absolute atomic E-state index is 13.0. The van der Waals surface area contributed by atoms with Crippen molar-refractivity contribution in [2.24, 2.45) is 5.92 Å². The van der Waals surface area contributed by atoms with Crippen molar-refractivity contribution in [3.63, 3.8) is 0 Å². The van der Waals surface area contributed by atoms with Gasteiger partial charge in [-0.15, -0.1) is 0 Å². The monoisotopic (exact) mass is 1310 g/mol. The molecule has 0 bridgehead atoms. The van der Waals surface area contributed by atoms with E-state index in [0.29, 0.717) is 25.7 Å². The molecule has 0 aliphatic rings. The number of esters is 4. The Morgan fingerprint density at radius 3 is 0.764 bits per heavy atom. The Balaban J connectivity index is 5.24. The Bertz CT molecular complexity index is 1720. The first-order valence-corrected chi connectivity index (χ1v) is 39.6. The van der Waals surface area contributed by atoms with Crippen molar-refractivity contribution in [1.82, 2.24) is 0 Å². The van der Waals surface area contributed by atoms with Crippen LogP contribution in [0.25, 0.3) is 0 Å². The quantitative estimate of drug-likeness (QED) is 0.0222. The number of phosphoric ester groups is 2. The number of ether oxygens (including phenoxy) is 4. The molecule has 0 aliphatic carbocycles. The van der Waals surface area contributed by atoms with Gasteiger partial charge in [-0.3, -0.25) is 37.3 Å². The number of hydrogen-bond acceptors (Lipinski definition) is 15. The van der Waals surface area contributed by atoms with Crippen molar-refractivity contribution in [3.8, 4) is 0 Å². The van der Waals surface area contributed by atoms with Gasteiger partial charge in [0.2, 0.25) is 0 Å². The van der Waals surface area contributed by atoms with Crippen LogP contribution in [-0.2, 0) is 65.4 Å². The Morgan fingerprint density at radius 1 is 0.303 bits per heavy atom. The van der Waals surface area contributed by atoms with Gasteiger partial charge in [-0.05, 0) is 31.6 Å². The van der Waals surface area contributed by atoms with Crippen molar-refractivity contribution >= 4 is 39.5 Å². The van der Waals surface area contributed by atoms with Crippen LogP contribution in [0, 0.1) is 5.92 Å². The molecule has 5 atom stereocenters. The third kappa shape index (κ3) is 64.6. The Hall–Kier alpha value is -1.94. The Kier molecular flexibility index (Phi) is 62.1. The number of phosphoric acid groups is 2. The standard InChI is InChI=1S/C70H136O17P2/c1-6-9-12-15-18-21-24-25-26-27-30-35-41-46-51-56-70(75)87-66(60-81-68(73)54-49-44-39-36-31-32-37-42-47-52-63(4)5)62-85-89(78,79)83-58-64(71)57-82-88(76,77)84-61-65(86-69(74)55-50-45-40-34-29-23-20-17-14-11-8-3)59-80-67(72)53-48-43-38-33-28-22-19-16-13-10-7-2/h63-66,71H,6-62H2,1-5H3,(H,76,77)(H,78,79)/t64-,65+,66+/m0/s1. The lowest BCUT2D eigenvalue weighted by Crippen LogP contribution is -2.30. The van der Waals surface area contributed by atoms with E-state index in [2.05, 4.69) is 34.6 Å². The summed E-state index contributed by atoms with van der Waals surface area (Å²) in [7, 11) is -9.90. The topological polar surface area (TPSA) is 237 Å². The summed E-state index contributed by atoms with van der Waals surface area (Å²) in [5.74, 6) is -1.38. The first-order chi connectivity index (χ1) is 43.0. The van der Waals surface area contributed by atoms with Gasteiger partial charge in [0.15, 0.2) is 12.2 Å². The number of rotatable bonds is 70. The van der Waals surface area contributed by atoms with Gasteiger partial charge in [0.05, 0.1) is 26.4 Å². The minimum Gasteiger partial charge on any atom is -0.462 e. The number of carbonyl (C=O) groups is 4. The molecule has 19 heteroatoms. The van der Waals surface area contributed by atoms with E-state index in [9.17, 15) is 43.2 Å². The summed E-state index contributed by atoms with van der Waals surface area (Å²) in [6.07, 6.45) is 49.8. The molecule has 89 heavy (non-hydrogen) atoms. The predicted molar refractivity (Wildman–Crippen MR) is 358 cm³/mol. The summed E-state index contributed by atoms with van der Waals surface area (Å²) in [5.41, 5.74) is 0. The summed E-state index contributed by atoms with van der Waals surface area (Å²) in [5, 5.41) is 10.6. The van der Waals surface area contributed by atoms with Gasteiger partial charge in [0.25, 0.3) is 0 Å². The molecular formula is C70H136O17P2. The van der Waals surface area contributed by atoms with E-state index < -0.39 is 97.5 Å². The van der Waals surface area contributed by atoms with Crippen molar-refractivity contribution in [2.75, 3.05) is 39.6 Å². The van der Waals surface area contributed by atoms with Crippen LogP contribution >= 0.6 is 15.6 Å². The number of carbonyl (C=O) groups excluding carboxylic acids is 4. The summed E-state index contributed by atoms with van der Waals surface area (Å²) in [4.78, 5) is 72.5. The van der Waals surface area contributed by atoms with E-state index in [4.69, 9.17) is 37.0 Å². The normalized spacial score (nSPS) is 14.1. The van der Waals surface area contributed by atoms with E-state index in [1.807, 2.05) is 0 Å². The van der Waals surface area contributed by atoms with Gasteiger partial charge in [0, 0.05) is 25.7 Å². The van der Waals surface area contributed by atoms with E-state index in [1.165, 1.54) is 186 Å². The van der Waals surface area contributed by atoms with Crippen LogP contribution < -0.4 is 0 Å². The average molecular weight is 1310 g/mol. The first kappa shape index (κ1) is 87.1. The minimum atomic E-state index is -4.95. The number of unbranched alkanes of at least 4 members (excludes halogenated alkanes) is 42. The zero-order chi connectivity index (χ0) is 65.6. The molecule has 0 saturated heterocycles. The molecule has 0 saturated carbocycles. The van der Waals surface area contributed by atoms with E-state index >= 15 is 0 Å². The molecule has 2 unspecified atom stereocenters. The van der Waals surface area contributed by atoms with Gasteiger partial charge in [-0.1, -0.05) is 311 Å². The lowest BCUT2D eigenvalue weighted by atomic mass is 10.0. The highest BCUT2D eigenvalue weighted by Crippen LogP contribution is 2.45. The molecule has 0 aromatic heterocycles. The number of hydrogen-bond donors (Lipinski definition) is 3. The van der Waals surface area contributed by atoms with Gasteiger partial charge in [-0.2, -0.15) is 0 Å². The molecule has 17 nitrogen and oxygen atoms in total. The molecule has 0 amide bonds. The van der Waals surface area contributed by atoms with Crippen molar-refractivity contribution in [1.29, 1.82) is 0 Å². The fourth-order valence-corrected chi connectivity index (χ4v) is 12.2. The first-order valence-electron chi connectivity index (χ1n) is 36.6. The van der Waals surface area contributed by atoms with E-state index in [1.54, 1.807) is 0 Å². The highest BCUT2D eigenvalue weighted by atomic mass is 31.2. The van der Waals surface area contributed by atoms with Gasteiger partial charge < -0.3 is 33.8 Å². The highest BCUT2D eigenvalue weighted by molar-refractivity contribution is 7.47. The second-order valence-electron chi connectivity index (χ2n) is 25.7. The SMILES string of the molecule is CCCCCCCCCCCCCCCCCC(=O)O[C@H](COC(=O)CCCCCCCCCCCC(C)C)COP(=O)(O)OC[C@@H](O)COP(=O)(O)OC[C@@H](COC(=O)CCCCCCCCCCCCC)OC(=O)CCCCCCCCCCCCC. The van der Waals surface area contributed by atoms with Crippen LogP contribution in [0.5, 0.6) is 0 Å². The van der Waals surface area contributed by atoms with Crippen molar-refractivity contribution in [3.05, 3.63) is 0 Å². The fraction of sp³-hybridized carbons (Fsp3) is 0.943. The summed E-state index contributed by atoms with van der Waals surface area (Å²) in [6, 6.07) is 0.